The Morgan fingerprint density at radius 3 is 2.95 bits per heavy atom. The summed E-state index contributed by atoms with van der Waals surface area (Å²) in [6.45, 7) is 4.50. The van der Waals surface area contributed by atoms with E-state index in [-0.39, 0.29) is 17.6 Å². The maximum atomic E-state index is 13.7. The van der Waals surface area contributed by atoms with E-state index in [1.807, 2.05) is 24.9 Å². The molecule has 1 aromatic rings. The second-order valence-corrected chi connectivity index (χ2v) is 6.05. The van der Waals surface area contributed by atoms with E-state index in [1.54, 1.807) is 12.1 Å². The minimum absolute atomic E-state index is 0.152. The number of hydrogen-bond acceptors (Lipinski definition) is 2. The summed E-state index contributed by atoms with van der Waals surface area (Å²) in [5.74, 6) is 0.298. The minimum Gasteiger partial charge on any atom is -0.342 e. The number of nitrogens with one attached hydrogen (secondary N) is 1. The highest BCUT2D eigenvalue weighted by Crippen LogP contribution is 2.20. The maximum absolute atomic E-state index is 13.7. The van der Waals surface area contributed by atoms with Gasteiger partial charge in [0.05, 0.1) is 0 Å². The molecule has 3 nitrogen and oxygen atoms in total. The number of likely N-dealkylation sites (tertiary alicyclic amines) is 1. The Morgan fingerprint density at radius 2 is 2.24 bits per heavy atom. The second kappa shape index (κ2) is 7.55. The zero-order valence-corrected chi connectivity index (χ0v) is 12.9. The highest BCUT2D eigenvalue weighted by molar-refractivity contribution is 5.79. The van der Waals surface area contributed by atoms with Crippen molar-refractivity contribution in [2.24, 2.45) is 11.8 Å². The summed E-state index contributed by atoms with van der Waals surface area (Å²) in [6, 6.07) is 6.72. The SMILES string of the molecule is CNCC1CCCN(C(=O)C(C)Cc2ccccc2F)C1. The third-order valence-electron chi connectivity index (χ3n) is 4.23. The predicted molar refractivity (Wildman–Crippen MR) is 82.5 cm³/mol. The summed E-state index contributed by atoms with van der Waals surface area (Å²) in [5.41, 5.74) is 0.627. The molecule has 0 spiro atoms. The van der Waals surface area contributed by atoms with Crippen molar-refractivity contribution in [1.82, 2.24) is 10.2 Å². The van der Waals surface area contributed by atoms with Gasteiger partial charge in [0.2, 0.25) is 5.91 Å². The number of benzene rings is 1. The van der Waals surface area contributed by atoms with Gasteiger partial charge in [-0.2, -0.15) is 0 Å². The number of carbonyl (C=O) groups excluding carboxylic acids is 1. The third-order valence-corrected chi connectivity index (χ3v) is 4.23. The Balaban J connectivity index is 1.94. The van der Waals surface area contributed by atoms with Crippen molar-refractivity contribution < 1.29 is 9.18 Å². The highest BCUT2D eigenvalue weighted by atomic mass is 19.1. The van der Waals surface area contributed by atoms with Gasteiger partial charge in [-0.3, -0.25) is 4.79 Å². The van der Waals surface area contributed by atoms with E-state index in [0.717, 1.165) is 26.1 Å². The van der Waals surface area contributed by atoms with Gasteiger partial charge in [0.1, 0.15) is 5.82 Å². The molecule has 2 atom stereocenters. The van der Waals surface area contributed by atoms with Gasteiger partial charge in [0, 0.05) is 19.0 Å². The van der Waals surface area contributed by atoms with Gasteiger partial charge >= 0.3 is 0 Å². The van der Waals surface area contributed by atoms with Crippen molar-refractivity contribution >= 4 is 5.91 Å². The lowest BCUT2D eigenvalue weighted by Crippen LogP contribution is -2.44. The summed E-state index contributed by atoms with van der Waals surface area (Å²) in [6.07, 6.45) is 2.70. The molecular weight excluding hydrogens is 267 g/mol. The predicted octanol–water partition coefficient (Wildman–Crippen LogP) is 2.46. The van der Waals surface area contributed by atoms with E-state index in [1.165, 1.54) is 12.5 Å². The molecule has 0 radical (unpaired) electrons. The molecule has 21 heavy (non-hydrogen) atoms. The molecule has 1 aliphatic rings. The lowest BCUT2D eigenvalue weighted by Gasteiger charge is -2.34. The Labute approximate surface area is 126 Å². The first-order valence-corrected chi connectivity index (χ1v) is 7.78. The molecule has 0 aliphatic carbocycles. The lowest BCUT2D eigenvalue weighted by molar-refractivity contribution is -0.136. The Kier molecular flexibility index (Phi) is 5.74. The van der Waals surface area contributed by atoms with E-state index in [2.05, 4.69) is 5.32 Å². The van der Waals surface area contributed by atoms with Crippen LogP contribution in [-0.4, -0.2) is 37.5 Å². The monoisotopic (exact) mass is 292 g/mol. The Morgan fingerprint density at radius 1 is 1.48 bits per heavy atom. The average Bonchev–Trinajstić information content (AvgIpc) is 2.49. The molecule has 1 amide bonds. The molecule has 116 valence electrons. The summed E-state index contributed by atoms with van der Waals surface area (Å²) < 4.78 is 13.7. The van der Waals surface area contributed by atoms with Crippen LogP contribution in [0.4, 0.5) is 4.39 Å². The van der Waals surface area contributed by atoms with Crippen LogP contribution in [0.5, 0.6) is 0 Å². The van der Waals surface area contributed by atoms with Crippen molar-refractivity contribution in [1.29, 1.82) is 0 Å². The molecule has 0 saturated carbocycles. The minimum atomic E-state index is -0.219. The molecule has 2 rings (SSSR count). The fourth-order valence-electron chi connectivity index (χ4n) is 3.11. The van der Waals surface area contributed by atoms with Crippen LogP contribution in [0.2, 0.25) is 0 Å². The molecule has 0 bridgehead atoms. The van der Waals surface area contributed by atoms with Crippen molar-refractivity contribution in [3.63, 3.8) is 0 Å². The fraction of sp³-hybridized carbons (Fsp3) is 0.588. The number of rotatable bonds is 5. The van der Waals surface area contributed by atoms with Crippen LogP contribution in [0.25, 0.3) is 0 Å². The summed E-state index contributed by atoms with van der Waals surface area (Å²) in [4.78, 5) is 14.5. The number of hydrogen-bond donors (Lipinski definition) is 1. The van der Waals surface area contributed by atoms with Crippen LogP contribution >= 0.6 is 0 Å². The van der Waals surface area contributed by atoms with Crippen molar-refractivity contribution in [3.8, 4) is 0 Å². The van der Waals surface area contributed by atoms with Crippen LogP contribution in [-0.2, 0) is 11.2 Å². The van der Waals surface area contributed by atoms with Crippen LogP contribution in [0.15, 0.2) is 24.3 Å². The average molecular weight is 292 g/mol. The fourth-order valence-corrected chi connectivity index (χ4v) is 3.11. The highest BCUT2D eigenvalue weighted by Gasteiger charge is 2.26. The third kappa shape index (κ3) is 4.27. The van der Waals surface area contributed by atoms with Crippen LogP contribution in [0, 0.1) is 17.7 Å². The number of amides is 1. The molecule has 1 N–H and O–H groups in total. The number of carbonyl (C=O) groups is 1. The normalized spacial score (nSPS) is 20.3. The van der Waals surface area contributed by atoms with Gasteiger partial charge in [-0.25, -0.2) is 4.39 Å². The molecule has 2 unspecified atom stereocenters. The smallest absolute Gasteiger partial charge is 0.225 e. The van der Waals surface area contributed by atoms with Crippen LogP contribution in [0.1, 0.15) is 25.3 Å². The molecule has 1 saturated heterocycles. The van der Waals surface area contributed by atoms with Crippen molar-refractivity contribution in [2.45, 2.75) is 26.2 Å². The zero-order chi connectivity index (χ0) is 15.2. The van der Waals surface area contributed by atoms with Gasteiger partial charge in [-0.1, -0.05) is 25.1 Å². The molecule has 1 aliphatic heterocycles. The van der Waals surface area contributed by atoms with Crippen molar-refractivity contribution in [3.05, 3.63) is 35.6 Å². The maximum Gasteiger partial charge on any atom is 0.225 e. The summed E-state index contributed by atoms with van der Waals surface area (Å²) >= 11 is 0. The molecule has 1 heterocycles. The molecule has 0 aromatic heterocycles. The molecule has 1 aromatic carbocycles. The van der Waals surface area contributed by atoms with E-state index < -0.39 is 0 Å². The van der Waals surface area contributed by atoms with Crippen LogP contribution in [0.3, 0.4) is 0 Å². The van der Waals surface area contributed by atoms with E-state index in [4.69, 9.17) is 0 Å². The largest absolute Gasteiger partial charge is 0.342 e. The van der Waals surface area contributed by atoms with Gasteiger partial charge in [-0.15, -0.1) is 0 Å². The molecular formula is C17H25FN2O. The number of nitrogens with zero attached hydrogens (tertiary/aromatic N) is 1. The van der Waals surface area contributed by atoms with Crippen molar-refractivity contribution in [2.75, 3.05) is 26.7 Å². The Hall–Kier alpha value is -1.42. The van der Waals surface area contributed by atoms with Gasteiger partial charge in [0.25, 0.3) is 0 Å². The number of piperidine rings is 1. The summed E-state index contributed by atoms with van der Waals surface area (Å²) in [7, 11) is 1.95. The van der Waals surface area contributed by atoms with E-state index in [9.17, 15) is 9.18 Å². The van der Waals surface area contributed by atoms with Gasteiger partial charge < -0.3 is 10.2 Å². The first kappa shape index (κ1) is 16.0. The topological polar surface area (TPSA) is 32.3 Å². The lowest BCUT2D eigenvalue weighted by atomic mass is 9.94. The molecule has 4 heteroatoms. The van der Waals surface area contributed by atoms with E-state index >= 15 is 0 Å². The second-order valence-electron chi connectivity index (χ2n) is 6.05. The van der Waals surface area contributed by atoms with Gasteiger partial charge in [-0.05, 0) is 50.4 Å². The zero-order valence-electron chi connectivity index (χ0n) is 12.9. The Bertz CT molecular complexity index is 476. The molecule has 1 fully saturated rings. The summed E-state index contributed by atoms with van der Waals surface area (Å²) in [5, 5.41) is 3.19. The quantitative estimate of drug-likeness (QED) is 0.904. The standard InChI is InChI=1S/C17H25FN2O/c1-13(10-15-7-3-4-8-16(15)18)17(21)20-9-5-6-14(12-20)11-19-2/h3-4,7-8,13-14,19H,5-6,9-12H2,1-2H3. The van der Waals surface area contributed by atoms with Gasteiger partial charge in [0.15, 0.2) is 0 Å². The van der Waals surface area contributed by atoms with E-state index in [0.29, 0.717) is 17.9 Å². The number of halogens is 1. The van der Waals surface area contributed by atoms with Crippen LogP contribution < -0.4 is 5.32 Å². The first-order chi connectivity index (χ1) is 10.1. The first-order valence-electron chi connectivity index (χ1n) is 7.78.